The van der Waals surface area contributed by atoms with Crippen molar-refractivity contribution in [2.75, 3.05) is 25.5 Å². The monoisotopic (exact) mass is 386 g/mol. The first-order valence-electron chi connectivity index (χ1n) is 8.26. The topological polar surface area (TPSA) is 57.7 Å². The van der Waals surface area contributed by atoms with Crippen molar-refractivity contribution in [3.05, 3.63) is 72.5 Å². The number of likely N-dealkylation sites (N-methyl/N-ethyl adjacent to an activating group) is 2. The Morgan fingerprint density at radius 3 is 2.22 bits per heavy atom. The van der Waals surface area contributed by atoms with E-state index in [2.05, 4.69) is 0 Å². The molecule has 0 aliphatic rings. The van der Waals surface area contributed by atoms with Gasteiger partial charge < -0.3 is 4.90 Å². The number of benzene rings is 3. The number of anilines is 1. The Labute approximate surface area is 157 Å². The molecule has 27 heavy (non-hydrogen) atoms. The molecule has 0 radical (unpaired) electrons. The Morgan fingerprint density at radius 2 is 1.56 bits per heavy atom. The summed E-state index contributed by atoms with van der Waals surface area (Å²) < 4.78 is 39.7. The lowest BCUT2D eigenvalue weighted by Gasteiger charge is -2.22. The largest absolute Gasteiger partial charge is 0.314 e. The van der Waals surface area contributed by atoms with Crippen LogP contribution in [-0.4, -0.2) is 39.3 Å². The minimum Gasteiger partial charge on any atom is -0.314 e. The van der Waals surface area contributed by atoms with Crippen LogP contribution in [0.25, 0.3) is 10.8 Å². The standard InChI is InChI=1S/C20H19FN2O3S/c1-22(14-20(24)23(2)18-10-8-17(21)9-11-18)27(25,26)19-12-7-15-5-3-4-6-16(15)13-19/h3-13H,14H2,1-2H3. The molecule has 1 amide bonds. The van der Waals surface area contributed by atoms with E-state index in [0.717, 1.165) is 15.1 Å². The van der Waals surface area contributed by atoms with E-state index < -0.39 is 21.7 Å². The first kappa shape index (κ1) is 19.0. The number of carbonyl (C=O) groups excluding carboxylic acids is 1. The number of amides is 1. The fourth-order valence-electron chi connectivity index (χ4n) is 2.70. The summed E-state index contributed by atoms with van der Waals surface area (Å²) in [5.41, 5.74) is 0.484. The Hall–Kier alpha value is -2.77. The van der Waals surface area contributed by atoms with Gasteiger partial charge in [0.2, 0.25) is 15.9 Å². The minimum atomic E-state index is -3.82. The van der Waals surface area contributed by atoms with Gasteiger partial charge in [0, 0.05) is 19.8 Å². The second-order valence-electron chi connectivity index (χ2n) is 6.20. The number of hydrogen-bond donors (Lipinski definition) is 0. The molecular formula is C20H19FN2O3S. The fourth-order valence-corrected chi connectivity index (χ4v) is 3.85. The molecule has 0 aliphatic carbocycles. The van der Waals surface area contributed by atoms with Crippen LogP contribution in [0.1, 0.15) is 0 Å². The van der Waals surface area contributed by atoms with E-state index in [1.54, 1.807) is 12.1 Å². The zero-order chi connectivity index (χ0) is 19.6. The van der Waals surface area contributed by atoms with Crippen LogP contribution in [0.15, 0.2) is 71.6 Å². The van der Waals surface area contributed by atoms with E-state index in [9.17, 15) is 17.6 Å². The van der Waals surface area contributed by atoms with Crippen molar-refractivity contribution in [1.82, 2.24) is 4.31 Å². The molecule has 0 heterocycles. The zero-order valence-corrected chi connectivity index (χ0v) is 15.8. The molecule has 3 aromatic carbocycles. The maximum Gasteiger partial charge on any atom is 0.243 e. The second-order valence-corrected chi connectivity index (χ2v) is 8.24. The van der Waals surface area contributed by atoms with Gasteiger partial charge in [0.05, 0.1) is 11.4 Å². The Kier molecular flexibility index (Phi) is 5.25. The van der Waals surface area contributed by atoms with E-state index in [1.807, 2.05) is 24.3 Å². The van der Waals surface area contributed by atoms with E-state index >= 15 is 0 Å². The molecule has 7 heteroatoms. The van der Waals surface area contributed by atoms with Gasteiger partial charge >= 0.3 is 0 Å². The average Bonchev–Trinajstić information content (AvgIpc) is 2.67. The van der Waals surface area contributed by atoms with Crippen molar-refractivity contribution < 1.29 is 17.6 Å². The maximum atomic E-state index is 13.0. The highest BCUT2D eigenvalue weighted by molar-refractivity contribution is 7.89. The average molecular weight is 386 g/mol. The molecule has 0 aromatic heterocycles. The summed E-state index contributed by atoms with van der Waals surface area (Å²) in [6, 6.07) is 17.7. The van der Waals surface area contributed by atoms with Gasteiger partial charge in [0.15, 0.2) is 0 Å². The fraction of sp³-hybridized carbons (Fsp3) is 0.150. The van der Waals surface area contributed by atoms with Gasteiger partial charge in [-0.2, -0.15) is 4.31 Å². The van der Waals surface area contributed by atoms with Gasteiger partial charge in [-0.25, -0.2) is 12.8 Å². The van der Waals surface area contributed by atoms with Crippen LogP contribution >= 0.6 is 0 Å². The lowest BCUT2D eigenvalue weighted by Crippen LogP contribution is -2.39. The third-order valence-electron chi connectivity index (χ3n) is 4.38. The number of fused-ring (bicyclic) bond motifs is 1. The molecular weight excluding hydrogens is 367 g/mol. The molecule has 0 N–H and O–H groups in total. The molecule has 3 rings (SSSR count). The highest BCUT2D eigenvalue weighted by Gasteiger charge is 2.25. The third kappa shape index (κ3) is 3.99. The molecule has 3 aromatic rings. The normalized spacial score (nSPS) is 11.7. The molecule has 0 bridgehead atoms. The third-order valence-corrected chi connectivity index (χ3v) is 6.17. The summed E-state index contributed by atoms with van der Waals surface area (Å²) in [5, 5.41) is 1.74. The number of sulfonamides is 1. The molecule has 0 saturated carbocycles. The first-order valence-corrected chi connectivity index (χ1v) is 9.70. The quantitative estimate of drug-likeness (QED) is 0.676. The molecule has 140 valence electrons. The number of hydrogen-bond acceptors (Lipinski definition) is 3. The summed E-state index contributed by atoms with van der Waals surface area (Å²) in [5.74, 6) is -0.830. The Bertz CT molecular complexity index is 1080. The van der Waals surface area contributed by atoms with E-state index in [4.69, 9.17) is 0 Å². The van der Waals surface area contributed by atoms with Crippen LogP contribution in [0.3, 0.4) is 0 Å². The molecule has 0 saturated heterocycles. The van der Waals surface area contributed by atoms with Crippen molar-refractivity contribution >= 4 is 32.4 Å². The van der Waals surface area contributed by atoms with Gasteiger partial charge in [0.1, 0.15) is 5.82 Å². The molecule has 0 unspecified atom stereocenters. The summed E-state index contributed by atoms with van der Waals surface area (Å²) in [6.07, 6.45) is 0. The van der Waals surface area contributed by atoms with Crippen molar-refractivity contribution in [2.45, 2.75) is 4.90 Å². The van der Waals surface area contributed by atoms with Crippen LogP contribution in [0.2, 0.25) is 0 Å². The molecule has 0 fully saturated rings. The van der Waals surface area contributed by atoms with Crippen LogP contribution in [-0.2, 0) is 14.8 Å². The van der Waals surface area contributed by atoms with Gasteiger partial charge in [0.25, 0.3) is 0 Å². The molecule has 0 spiro atoms. The van der Waals surface area contributed by atoms with Crippen LogP contribution < -0.4 is 4.90 Å². The van der Waals surface area contributed by atoms with Gasteiger partial charge in [-0.05, 0) is 47.2 Å². The number of carbonyl (C=O) groups is 1. The first-order chi connectivity index (χ1) is 12.8. The smallest absolute Gasteiger partial charge is 0.243 e. The molecule has 5 nitrogen and oxygen atoms in total. The van der Waals surface area contributed by atoms with Gasteiger partial charge in [-0.3, -0.25) is 4.79 Å². The highest BCUT2D eigenvalue weighted by atomic mass is 32.2. The van der Waals surface area contributed by atoms with Crippen molar-refractivity contribution in [3.63, 3.8) is 0 Å². The van der Waals surface area contributed by atoms with Crippen LogP contribution in [0.4, 0.5) is 10.1 Å². The Morgan fingerprint density at radius 1 is 0.926 bits per heavy atom. The van der Waals surface area contributed by atoms with Crippen LogP contribution in [0, 0.1) is 5.82 Å². The number of nitrogens with zero attached hydrogens (tertiary/aromatic N) is 2. The molecule has 0 atom stereocenters. The lowest BCUT2D eigenvalue weighted by molar-refractivity contribution is -0.118. The molecule has 0 aliphatic heterocycles. The summed E-state index contributed by atoms with van der Waals surface area (Å²) >= 11 is 0. The maximum absolute atomic E-state index is 13.0. The predicted molar refractivity (Wildman–Crippen MR) is 104 cm³/mol. The van der Waals surface area contributed by atoms with E-state index in [1.165, 1.54) is 49.3 Å². The summed E-state index contributed by atoms with van der Waals surface area (Å²) in [7, 11) is -0.940. The SMILES string of the molecule is CN(C(=O)CN(C)S(=O)(=O)c1ccc2ccccc2c1)c1ccc(F)cc1. The van der Waals surface area contributed by atoms with Gasteiger partial charge in [-0.1, -0.05) is 30.3 Å². The van der Waals surface area contributed by atoms with Crippen molar-refractivity contribution in [3.8, 4) is 0 Å². The summed E-state index contributed by atoms with van der Waals surface area (Å²) in [6.45, 7) is -0.330. The second kappa shape index (κ2) is 7.46. The number of rotatable bonds is 5. The van der Waals surface area contributed by atoms with E-state index in [0.29, 0.717) is 5.69 Å². The Balaban J connectivity index is 1.79. The zero-order valence-electron chi connectivity index (χ0n) is 15.0. The number of halogens is 1. The van der Waals surface area contributed by atoms with Gasteiger partial charge in [-0.15, -0.1) is 0 Å². The van der Waals surface area contributed by atoms with Crippen molar-refractivity contribution in [1.29, 1.82) is 0 Å². The van der Waals surface area contributed by atoms with Crippen LogP contribution in [0.5, 0.6) is 0 Å². The highest BCUT2D eigenvalue weighted by Crippen LogP contribution is 2.21. The van der Waals surface area contributed by atoms with Crippen molar-refractivity contribution in [2.24, 2.45) is 0 Å². The predicted octanol–water partition coefficient (Wildman–Crippen LogP) is 3.26. The lowest BCUT2D eigenvalue weighted by atomic mass is 10.1. The minimum absolute atomic E-state index is 0.126. The summed E-state index contributed by atoms with van der Waals surface area (Å²) in [4.78, 5) is 13.9. The van der Waals surface area contributed by atoms with E-state index in [-0.39, 0.29) is 11.4 Å².